The minimum atomic E-state index is -2.35. The highest BCUT2D eigenvalue weighted by Gasteiger charge is 2.36. The number of epoxide rings is 1. The number of ether oxygens (including phenoxy) is 1. The first-order valence-electron chi connectivity index (χ1n) is 5.24. The van der Waals surface area contributed by atoms with Crippen LogP contribution in [-0.4, -0.2) is 55.9 Å². The molecule has 1 unspecified atom stereocenters. The molecule has 0 aromatic heterocycles. The van der Waals surface area contributed by atoms with Gasteiger partial charge in [-0.25, -0.2) is 0 Å². The molecule has 5 nitrogen and oxygen atoms in total. The van der Waals surface area contributed by atoms with E-state index >= 15 is 0 Å². The van der Waals surface area contributed by atoms with Crippen molar-refractivity contribution < 1.29 is 18.0 Å². The Morgan fingerprint density at radius 2 is 1.87 bits per heavy atom. The standard InChI is InChI=1S/C9H21NO4Si/c1-11-15(12-2,13-3)6-4-5-10-7-9-8-14-9/h9-10H,4-8H2,1-3H3. The van der Waals surface area contributed by atoms with Crippen LogP contribution in [-0.2, 0) is 18.0 Å². The van der Waals surface area contributed by atoms with E-state index in [1.54, 1.807) is 21.3 Å². The fraction of sp³-hybridized carbons (Fsp3) is 1.00. The molecule has 0 aromatic rings. The van der Waals surface area contributed by atoms with Crippen molar-refractivity contribution in [1.29, 1.82) is 0 Å². The van der Waals surface area contributed by atoms with Crippen molar-refractivity contribution in [3.05, 3.63) is 0 Å². The lowest BCUT2D eigenvalue weighted by Gasteiger charge is -2.24. The molecule has 1 N–H and O–H groups in total. The zero-order valence-corrected chi connectivity index (χ0v) is 10.7. The highest BCUT2D eigenvalue weighted by molar-refractivity contribution is 6.60. The second kappa shape index (κ2) is 6.57. The molecule has 0 radical (unpaired) electrons. The Kier molecular flexibility index (Phi) is 5.73. The molecular formula is C9H21NO4Si. The summed E-state index contributed by atoms with van der Waals surface area (Å²) in [6, 6.07) is 0.842. The topological polar surface area (TPSA) is 52.2 Å². The molecule has 0 aromatic carbocycles. The van der Waals surface area contributed by atoms with E-state index in [9.17, 15) is 0 Å². The van der Waals surface area contributed by atoms with Crippen molar-refractivity contribution in [2.45, 2.75) is 18.6 Å². The second-order valence-electron chi connectivity index (χ2n) is 3.56. The van der Waals surface area contributed by atoms with Crippen molar-refractivity contribution in [1.82, 2.24) is 5.32 Å². The number of nitrogens with one attached hydrogen (secondary N) is 1. The van der Waals surface area contributed by atoms with Crippen LogP contribution in [0.4, 0.5) is 0 Å². The third kappa shape index (κ3) is 4.58. The first kappa shape index (κ1) is 13.1. The molecular weight excluding hydrogens is 214 g/mol. The Hall–Kier alpha value is 0.0169. The lowest BCUT2D eigenvalue weighted by molar-refractivity contribution is 0.123. The fourth-order valence-corrected chi connectivity index (χ4v) is 3.16. The quantitative estimate of drug-likeness (QED) is 0.352. The summed E-state index contributed by atoms with van der Waals surface area (Å²) >= 11 is 0. The zero-order valence-electron chi connectivity index (χ0n) is 9.75. The summed E-state index contributed by atoms with van der Waals surface area (Å²) in [5.41, 5.74) is 0. The Labute approximate surface area is 92.4 Å². The predicted octanol–water partition coefficient (Wildman–Crippen LogP) is 0.243. The van der Waals surface area contributed by atoms with Gasteiger partial charge in [0.15, 0.2) is 0 Å². The molecule has 6 heteroatoms. The van der Waals surface area contributed by atoms with Crippen molar-refractivity contribution >= 4 is 8.80 Å². The van der Waals surface area contributed by atoms with E-state index in [0.717, 1.165) is 32.2 Å². The van der Waals surface area contributed by atoms with Gasteiger partial charge in [0, 0.05) is 33.9 Å². The Morgan fingerprint density at radius 3 is 2.33 bits per heavy atom. The summed E-state index contributed by atoms with van der Waals surface area (Å²) in [5.74, 6) is 0. The third-order valence-corrected chi connectivity index (χ3v) is 5.38. The van der Waals surface area contributed by atoms with Crippen LogP contribution in [0.15, 0.2) is 0 Å². The highest BCUT2D eigenvalue weighted by Crippen LogP contribution is 2.14. The normalized spacial score (nSPS) is 20.6. The maximum atomic E-state index is 5.32. The van der Waals surface area contributed by atoms with Gasteiger partial charge in [0.2, 0.25) is 0 Å². The minimum absolute atomic E-state index is 0.444. The van der Waals surface area contributed by atoms with Crippen LogP contribution in [0.1, 0.15) is 6.42 Å². The lowest BCUT2D eigenvalue weighted by atomic mass is 10.4. The maximum Gasteiger partial charge on any atom is 0.500 e. The van der Waals surface area contributed by atoms with E-state index in [1.165, 1.54) is 0 Å². The summed E-state index contributed by atoms with van der Waals surface area (Å²) in [6.45, 7) is 2.80. The number of hydrogen-bond donors (Lipinski definition) is 1. The molecule has 0 aliphatic carbocycles. The van der Waals surface area contributed by atoms with Gasteiger partial charge < -0.3 is 23.3 Å². The van der Waals surface area contributed by atoms with Gasteiger partial charge in [0.1, 0.15) is 0 Å². The molecule has 0 spiro atoms. The van der Waals surface area contributed by atoms with Gasteiger partial charge in [0.05, 0.1) is 12.7 Å². The fourth-order valence-electron chi connectivity index (χ4n) is 1.44. The predicted molar refractivity (Wildman–Crippen MR) is 58.8 cm³/mol. The van der Waals surface area contributed by atoms with Crippen LogP contribution in [0.2, 0.25) is 6.04 Å². The monoisotopic (exact) mass is 235 g/mol. The van der Waals surface area contributed by atoms with E-state index in [-0.39, 0.29) is 0 Å². The van der Waals surface area contributed by atoms with Gasteiger partial charge in [-0.2, -0.15) is 0 Å². The maximum absolute atomic E-state index is 5.32. The number of rotatable bonds is 9. The van der Waals surface area contributed by atoms with Crippen molar-refractivity contribution in [3.8, 4) is 0 Å². The van der Waals surface area contributed by atoms with Gasteiger partial charge >= 0.3 is 8.80 Å². The molecule has 0 saturated carbocycles. The van der Waals surface area contributed by atoms with Gasteiger partial charge in [-0.1, -0.05) is 0 Å². The summed E-state index contributed by atoms with van der Waals surface area (Å²) < 4.78 is 21.0. The van der Waals surface area contributed by atoms with Crippen LogP contribution in [0, 0.1) is 0 Å². The first-order chi connectivity index (χ1) is 7.26. The van der Waals surface area contributed by atoms with E-state index in [2.05, 4.69) is 5.32 Å². The smallest absolute Gasteiger partial charge is 0.377 e. The average Bonchev–Trinajstić information content (AvgIpc) is 3.08. The SMILES string of the molecule is CO[Si](CCCNCC1CO1)(OC)OC. The molecule has 1 heterocycles. The molecule has 0 bridgehead atoms. The van der Waals surface area contributed by atoms with Crippen LogP contribution >= 0.6 is 0 Å². The summed E-state index contributed by atoms with van der Waals surface area (Å²) in [6.07, 6.45) is 1.44. The minimum Gasteiger partial charge on any atom is -0.377 e. The molecule has 0 amide bonds. The van der Waals surface area contributed by atoms with Crippen LogP contribution in [0.5, 0.6) is 0 Å². The molecule has 1 rings (SSSR count). The van der Waals surface area contributed by atoms with Gasteiger partial charge in [-0.15, -0.1) is 0 Å². The van der Waals surface area contributed by atoms with Gasteiger partial charge in [-0.3, -0.25) is 0 Å². The van der Waals surface area contributed by atoms with Gasteiger partial charge in [0.25, 0.3) is 0 Å². The molecule has 90 valence electrons. The summed E-state index contributed by atoms with van der Waals surface area (Å²) in [5, 5.41) is 3.32. The Balaban J connectivity index is 2.04. The Morgan fingerprint density at radius 1 is 1.27 bits per heavy atom. The molecule has 1 aliphatic heterocycles. The summed E-state index contributed by atoms with van der Waals surface area (Å²) in [7, 11) is 2.58. The van der Waals surface area contributed by atoms with E-state index in [1.807, 2.05) is 0 Å². The molecule has 1 aliphatic rings. The van der Waals surface area contributed by atoms with Crippen molar-refractivity contribution in [2.24, 2.45) is 0 Å². The lowest BCUT2D eigenvalue weighted by Crippen LogP contribution is -2.43. The molecule has 1 saturated heterocycles. The largest absolute Gasteiger partial charge is 0.500 e. The third-order valence-electron chi connectivity index (χ3n) is 2.54. The van der Waals surface area contributed by atoms with Crippen LogP contribution in [0.3, 0.4) is 0 Å². The van der Waals surface area contributed by atoms with Crippen molar-refractivity contribution in [2.75, 3.05) is 41.0 Å². The van der Waals surface area contributed by atoms with E-state index in [4.69, 9.17) is 18.0 Å². The molecule has 1 atom stereocenters. The highest BCUT2D eigenvalue weighted by atomic mass is 28.4. The van der Waals surface area contributed by atoms with Crippen LogP contribution in [0.25, 0.3) is 0 Å². The van der Waals surface area contributed by atoms with Gasteiger partial charge in [-0.05, 0) is 13.0 Å². The molecule has 1 fully saturated rings. The zero-order chi connectivity index (χ0) is 11.1. The van der Waals surface area contributed by atoms with Crippen molar-refractivity contribution in [3.63, 3.8) is 0 Å². The average molecular weight is 235 g/mol. The summed E-state index contributed by atoms with van der Waals surface area (Å²) in [4.78, 5) is 0. The Bertz CT molecular complexity index is 165. The van der Waals surface area contributed by atoms with E-state index < -0.39 is 8.80 Å². The van der Waals surface area contributed by atoms with E-state index in [0.29, 0.717) is 6.10 Å². The van der Waals surface area contributed by atoms with Crippen LogP contribution < -0.4 is 5.32 Å². The number of hydrogen-bond acceptors (Lipinski definition) is 5. The second-order valence-corrected chi connectivity index (χ2v) is 6.65. The first-order valence-corrected chi connectivity index (χ1v) is 7.17. The molecule has 15 heavy (non-hydrogen) atoms.